The SMILES string of the molecule is O=C(NN=CC1CCCCC1)c1ccc2c(c1)OCO2. The summed E-state index contributed by atoms with van der Waals surface area (Å²) in [5, 5.41) is 4.07. The number of benzene rings is 1. The van der Waals surface area contributed by atoms with E-state index in [1.54, 1.807) is 18.2 Å². The van der Waals surface area contributed by atoms with Crippen LogP contribution in [0.2, 0.25) is 0 Å². The minimum atomic E-state index is -0.227. The molecule has 1 aromatic carbocycles. The smallest absolute Gasteiger partial charge is 0.271 e. The number of fused-ring (bicyclic) bond motifs is 1. The zero-order valence-electron chi connectivity index (χ0n) is 11.3. The Balaban J connectivity index is 1.57. The fourth-order valence-corrected chi connectivity index (χ4v) is 2.59. The number of hydrazone groups is 1. The topological polar surface area (TPSA) is 59.9 Å². The van der Waals surface area contributed by atoms with Crippen molar-refractivity contribution in [3.8, 4) is 11.5 Å². The zero-order chi connectivity index (χ0) is 13.8. The van der Waals surface area contributed by atoms with E-state index in [1.807, 2.05) is 6.21 Å². The van der Waals surface area contributed by atoms with Crippen molar-refractivity contribution in [3.05, 3.63) is 23.8 Å². The molecule has 20 heavy (non-hydrogen) atoms. The van der Waals surface area contributed by atoms with Crippen LogP contribution in [0.3, 0.4) is 0 Å². The third-order valence-corrected chi connectivity index (χ3v) is 3.74. The molecular weight excluding hydrogens is 256 g/mol. The van der Waals surface area contributed by atoms with Gasteiger partial charge in [-0.2, -0.15) is 5.10 Å². The third kappa shape index (κ3) is 2.92. The summed E-state index contributed by atoms with van der Waals surface area (Å²) in [6.45, 7) is 0.209. The van der Waals surface area contributed by atoms with Crippen molar-refractivity contribution >= 4 is 12.1 Å². The highest BCUT2D eigenvalue weighted by Crippen LogP contribution is 2.32. The molecule has 1 heterocycles. The quantitative estimate of drug-likeness (QED) is 0.681. The number of carbonyl (C=O) groups is 1. The molecule has 5 heteroatoms. The predicted molar refractivity (Wildman–Crippen MR) is 75.1 cm³/mol. The van der Waals surface area contributed by atoms with Gasteiger partial charge in [0.05, 0.1) is 0 Å². The highest BCUT2D eigenvalue weighted by molar-refractivity contribution is 5.95. The van der Waals surface area contributed by atoms with Crippen molar-refractivity contribution < 1.29 is 14.3 Å². The van der Waals surface area contributed by atoms with Crippen molar-refractivity contribution in [1.82, 2.24) is 5.43 Å². The van der Waals surface area contributed by atoms with Crippen LogP contribution in [0, 0.1) is 5.92 Å². The molecule has 1 aromatic rings. The van der Waals surface area contributed by atoms with Gasteiger partial charge >= 0.3 is 0 Å². The Bertz CT molecular complexity index is 522. The van der Waals surface area contributed by atoms with Gasteiger partial charge in [-0.15, -0.1) is 0 Å². The van der Waals surface area contributed by atoms with E-state index in [-0.39, 0.29) is 12.7 Å². The largest absolute Gasteiger partial charge is 0.454 e. The molecule has 106 valence electrons. The molecule has 1 fully saturated rings. The highest BCUT2D eigenvalue weighted by atomic mass is 16.7. The van der Waals surface area contributed by atoms with Crippen LogP contribution in [-0.2, 0) is 0 Å². The molecule has 2 aliphatic rings. The van der Waals surface area contributed by atoms with Crippen LogP contribution in [0.15, 0.2) is 23.3 Å². The van der Waals surface area contributed by atoms with E-state index in [0.29, 0.717) is 23.0 Å². The Kier molecular flexibility index (Phi) is 3.85. The minimum Gasteiger partial charge on any atom is -0.454 e. The standard InChI is InChI=1S/C15H18N2O3/c18-15(17-16-9-11-4-2-1-3-5-11)12-6-7-13-14(8-12)20-10-19-13/h6-9,11H,1-5,10H2,(H,17,18). The van der Waals surface area contributed by atoms with Crippen LogP contribution in [0.25, 0.3) is 0 Å². The molecule has 0 atom stereocenters. The van der Waals surface area contributed by atoms with E-state index in [4.69, 9.17) is 9.47 Å². The van der Waals surface area contributed by atoms with Crippen molar-refractivity contribution in [1.29, 1.82) is 0 Å². The zero-order valence-corrected chi connectivity index (χ0v) is 11.3. The van der Waals surface area contributed by atoms with Crippen molar-refractivity contribution in [2.24, 2.45) is 11.0 Å². The predicted octanol–water partition coefficient (Wildman–Crippen LogP) is 2.71. The summed E-state index contributed by atoms with van der Waals surface area (Å²) in [4.78, 5) is 12.0. The molecule has 0 radical (unpaired) electrons. The first-order valence-corrected chi connectivity index (χ1v) is 7.06. The maximum absolute atomic E-state index is 12.0. The van der Waals surface area contributed by atoms with Gasteiger partial charge in [-0.3, -0.25) is 4.79 Å². The lowest BCUT2D eigenvalue weighted by Crippen LogP contribution is -2.19. The summed E-state index contributed by atoms with van der Waals surface area (Å²) in [6.07, 6.45) is 8.03. The van der Waals surface area contributed by atoms with Crippen LogP contribution in [-0.4, -0.2) is 18.9 Å². The molecule has 1 saturated carbocycles. The summed E-state index contributed by atoms with van der Waals surface area (Å²) in [7, 11) is 0. The van der Waals surface area contributed by atoms with Crippen molar-refractivity contribution in [2.45, 2.75) is 32.1 Å². The van der Waals surface area contributed by atoms with Gasteiger partial charge in [-0.1, -0.05) is 19.3 Å². The Hall–Kier alpha value is -2.04. The number of nitrogens with zero attached hydrogens (tertiary/aromatic N) is 1. The fourth-order valence-electron chi connectivity index (χ4n) is 2.59. The van der Waals surface area contributed by atoms with Gasteiger partial charge in [-0.05, 0) is 37.0 Å². The van der Waals surface area contributed by atoms with Gasteiger partial charge in [0.1, 0.15) is 0 Å². The first kappa shape index (κ1) is 13.0. The molecule has 1 aliphatic heterocycles. The number of rotatable bonds is 3. The molecule has 0 spiro atoms. The van der Waals surface area contributed by atoms with Crippen molar-refractivity contribution in [2.75, 3.05) is 6.79 Å². The van der Waals surface area contributed by atoms with Gasteiger partial charge in [0.15, 0.2) is 11.5 Å². The number of hydrogen-bond acceptors (Lipinski definition) is 4. The Morgan fingerprint density at radius 1 is 1.20 bits per heavy atom. The molecule has 5 nitrogen and oxygen atoms in total. The minimum absolute atomic E-state index is 0.209. The molecule has 0 aromatic heterocycles. The Morgan fingerprint density at radius 3 is 2.85 bits per heavy atom. The van der Waals surface area contributed by atoms with Crippen LogP contribution in [0.4, 0.5) is 0 Å². The number of amides is 1. The monoisotopic (exact) mass is 274 g/mol. The van der Waals surface area contributed by atoms with E-state index in [9.17, 15) is 4.79 Å². The van der Waals surface area contributed by atoms with Crippen LogP contribution in [0.5, 0.6) is 11.5 Å². The van der Waals surface area contributed by atoms with Gasteiger partial charge in [0, 0.05) is 11.8 Å². The summed E-state index contributed by atoms with van der Waals surface area (Å²) in [5.41, 5.74) is 3.09. The van der Waals surface area contributed by atoms with Crippen LogP contribution >= 0.6 is 0 Å². The summed E-state index contributed by atoms with van der Waals surface area (Å²) in [5.74, 6) is 1.55. The molecular formula is C15H18N2O3. The number of carbonyl (C=O) groups excluding carboxylic acids is 1. The van der Waals surface area contributed by atoms with E-state index in [0.717, 1.165) is 0 Å². The van der Waals surface area contributed by atoms with Crippen LogP contribution < -0.4 is 14.9 Å². The second kappa shape index (κ2) is 5.94. The number of nitrogens with one attached hydrogen (secondary N) is 1. The lowest BCUT2D eigenvalue weighted by molar-refractivity contribution is 0.0954. The van der Waals surface area contributed by atoms with Gasteiger partial charge in [-0.25, -0.2) is 5.43 Å². The molecule has 1 aliphatic carbocycles. The maximum atomic E-state index is 12.0. The first-order valence-electron chi connectivity index (χ1n) is 7.06. The molecule has 3 rings (SSSR count). The van der Waals surface area contributed by atoms with E-state index in [1.165, 1.54) is 32.1 Å². The summed E-state index contributed by atoms with van der Waals surface area (Å²) in [6, 6.07) is 5.12. The number of hydrogen-bond donors (Lipinski definition) is 1. The first-order chi connectivity index (χ1) is 9.83. The Morgan fingerprint density at radius 2 is 2.00 bits per heavy atom. The second-order valence-electron chi connectivity index (χ2n) is 5.19. The van der Waals surface area contributed by atoms with Gasteiger partial charge in [0.25, 0.3) is 5.91 Å². The second-order valence-corrected chi connectivity index (χ2v) is 5.19. The average Bonchev–Trinajstić information content (AvgIpc) is 2.95. The maximum Gasteiger partial charge on any atom is 0.271 e. The van der Waals surface area contributed by atoms with E-state index < -0.39 is 0 Å². The van der Waals surface area contributed by atoms with E-state index >= 15 is 0 Å². The molecule has 0 bridgehead atoms. The lowest BCUT2D eigenvalue weighted by Gasteiger charge is -2.16. The molecule has 1 amide bonds. The Labute approximate surface area is 118 Å². The van der Waals surface area contributed by atoms with Gasteiger partial charge < -0.3 is 9.47 Å². The highest BCUT2D eigenvalue weighted by Gasteiger charge is 2.16. The molecule has 1 N–H and O–H groups in total. The third-order valence-electron chi connectivity index (χ3n) is 3.74. The molecule has 0 unspecified atom stereocenters. The molecule has 0 saturated heterocycles. The average molecular weight is 274 g/mol. The summed E-state index contributed by atoms with van der Waals surface area (Å²) >= 11 is 0. The summed E-state index contributed by atoms with van der Waals surface area (Å²) < 4.78 is 10.5. The number of ether oxygens (including phenoxy) is 2. The fraction of sp³-hybridized carbons (Fsp3) is 0.467. The lowest BCUT2D eigenvalue weighted by atomic mass is 9.90. The van der Waals surface area contributed by atoms with Crippen molar-refractivity contribution in [3.63, 3.8) is 0 Å². The van der Waals surface area contributed by atoms with Gasteiger partial charge in [0.2, 0.25) is 6.79 Å². The van der Waals surface area contributed by atoms with E-state index in [2.05, 4.69) is 10.5 Å². The van der Waals surface area contributed by atoms with Crippen LogP contribution in [0.1, 0.15) is 42.5 Å². The normalized spacial score (nSPS) is 18.4.